The standard InChI is InChI=1S/C11H7ClN2S2/c12-10-4-3-9(16-10)11(14)7(6-13)8-2-1-5-15-8/h1-5H,14H2/b11-7-. The Morgan fingerprint density at radius 1 is 1.31 bits per heavy atom. The van der Waals surface area contributed by atoms with E-state index in [4.69, 9.17) is 22.6 Å². The topological polar surface area (TPSA) is 49.8 Å². The molecule has 0 unspecified atom stereocenters. The third-order valence-electron chi connectivity index (χ3n) is 1.99. The Labute approximate surface area is 106 Å². The van der Waals surface area contributed by atoms with E-state index in [1.165, 1.54) is 22.7 Å². The number of halogens is 1. The molecule has 0 bridgehead atoms. The van der Waals surface area contributed by atoms with E-state index in [2.05, 4.69) is 6.07 Å². The van der Waals surface area contributed by atoms with Crippen LogP contribution in [0.5, 0.6) is 0 Å². The highest BCUT2D eigenvalue weighted by atomic mass is 35.5. The number of nitriles is 1. The first-order chi connectivity index (χ1) is 7.72. The van der Waals surface area contributed by atoms with Crippen molar-refractivity contribution in [1.82, 2.24) is 0 Å². The van der Waals surface area contributed by atoms with Crippen LogP contribution < -0.4 is 5.73 Å². The first-order valence-corrected chi connectivity index (χ1v) is 6.49. The summed E-state index contributed by atoms with van der Waals surface area (Å²) in [5.74, 6) is 0. The van der Waals surface area contributed by atoms with Crippen molar-refractivity contribution >= 4 is 45.5 Å². The molecule has 0 aliphatic rings. The van der Waals surface area contributed by atoms with Crippen LogP contribution in [-0.2, 0) is 0 Å². The Morgan fingerprint density at radius 3 is 2.62 bits per heavy atom. The molecule has 0 saturated carbocycles. The fourth-order valence-corrected chi connectivity index (χ4v) is 2.99. The summed E-state index contributed by atoms with van der Waals surface area (Å²) in [5, 5.41) is 11.0. The normalized spacial score (nSPS) is 12.0. The number of nitrogens with zero attached hydrogens (tertiary/aromatic N) is 1. The van der Waals surface area contributed by atoms with Crippen molar-refractivity contribution in [2.45, 2.75) is 0 Å². The van der Waals surface area contributed by atoms with Crippen molar-refractivity contribution in [3.63, 3.8) is 0 Å². The molecule has 16 heavy (non-hydrogen) atoms. The van der Waals surface area contributed by atoms with Gasteiger partial charge in [-0.3, -0.25) is 0 Å². The molecule has 0 spiro atoms. The fourth-order valence-electron chi connectivity index (χ4n) is 1.25. The smallest absolute Gasteiger partial charge is 0.103 e. The lowest BCUT2D eigenvalue weighted by Gasteiger charge is -2.00. The largest absolute Gasteiger partial charge is 0.396 e. The molecule has 5 heteroatoms. The lowest BCUT2D eigenvalue weighted by molar-refractivity contribution is 1.52. The van der Waals surface area contributed by atoms with Gasteiger partial charge in [0.25, 0.3) is 0 Å². The number of rotatable bonds is 2. The van der Waals surface area contributed by atoms with Crippen LogP contribution >= 0.6 is 34.3 Å². The highest BCUT2D eigenvalue weighted by Gasteiger charge is 2.10. The second-order valence-corrected chi connectivity index (χ2v) is 5.64. The first-order valence-electron chi connectivity index (χ1n) is 4.42. The van der Waals surface area contributed by atoms with E-state index in [9.17, 15) is 0 Å². The maximum absolute atomic E-state index is 9.13. The van der Waals surface area contributed by atoms with E-state index in [1.807, 2.05) is 23.6 Å². The second-order valence-electron chi connectivity index (χ2n) is 2.98. The van der Waals surface area contributed by atoms with Crippen molar-refractivity contribution in [3.8, 4) is 6.07 Å². The quantitative estimate of drug-likeness (QED) is 0.840. The van der Waals surface area contributed by atoms with Crippen LogP contribution in [-0.4, -0.2) is 0 Å². The molecule has 2 aromatic heterocycles. The zero-order valence-electron chi connectivity index (χ0n) is 8.11. The van der Waals surface area contributed by atoms with Gasteiger partial charge in [0.2, 0.25) is 0 Å². The average Bonchev–Trinajstić information content (AvgIpc) is 2.90. The molecular weight excluding hydrogens is 260 g/mol. The molecule has 0 aliphatic carbocycles. The predicted molar refractivity (Wildman–Crippen MR) is 70.3 cm³/mol. The third kappa shape index (κ3) is 2.12. The Morgan fingerprint density at radius 2 is 2.12 bits per heavy atom. The molecule has 0 fully saturated rings. The molecule has 0 radical (unpaired) electrons. The van der Waals surface area contributed by atoms with Crippen LogP contribution in [0.25, 0.3) is 11.3 Å². The van der Waals surface area contributed by atoms with Gasteiger partial charge in [0.1, 0.15) is 6.07 Å². The SMILES string of the molecule is N#C/C(=C(/N)c1ccc(Cl)s1)c1cccs1. The van der Waals surface area contributed by atoms with Gasteiger partial charge in [-0.15, -0.1) is 22.7 Å². The summed E-state index contributed by atoms with van der Waals surface area (Å²) in [6, 6.07) is 9.52. The van der Waals surface area contributed by atoms with Crippen molar-refractivity contribution in [2.24, 2.45) is 5.73 Å². The minimum atomic E-state index is 0.488. The molecule has 0 aromatic carbocycles. The molecule has 2 aromatic rings. The zero-order valence-corrected chi connectivity index (χ0v) is 10.5. The van der Waals surface area contributed by atoms with Crippen LogP contribution in [0.2, 0.25) is 4.34 Å². The van der Waals surface area contributed by atoms with Crippen LogP contribution in [0, 0.1) is 11.3 Å². The molecule has 2 heterocycles. The summed E-state index contributed by atoms with van der Waals surface area (Å²) in [4.78, 5) is 1.71. The molecule has 80 valence electrons. The first kappa shape index (κ1) is 11.2. The van der Waals surface area contributed by atoms with Crippen molar-refractivity contribution in [1.29, 1.82) is 5.26 Å². The number of hydrogen-bond acceptors (Lipinski definition) is 4. The minimum Gasteiger partial charge on any atom is -0.396 e. The lowest BCUT2D eigenvalue weighted by atomic mass is 10.1. The minimum absolute atomic E-state index is 0.488. The van der Waals surface area contributed by atoms with Gasteiger partial charge >= 0.3 is 0 Å². The van der Waals surface area contributed by atoms with Crippen molar-refractivity contribution < 1.29 is 0 Å². The molecule has 0 aliphatic heterocycles. The van der Waals surface area contributed by atoms with Crippen molar-refractivity contribution in [2.75, 3.05) is 0 Å². The molecule has 0 saturated heterocycles. The van der Waals surface area contributed by atoms with Gasteiger partial charge in [0.15, 0.2) is 0 Å². The molecule has 2 rings (SSSR count). The van der Waals surface area contributed by atoms with Gasteiger partial charge in [-0.05, 0) is 23.6 Å². The van der Waals surface area contributed by atoms with Crippen LogP contribution in [0.3, 0.4) is 0 Å². The summed E-state index contributed by atoms with van der Waals surface area (Å²) in [5.41, 5.74) is 6.97. The highest BCUT2D eigenvalue weighted by molar-refractivity contribution is 7.17. The fraction of sp³-hybridized carbons (Fsp3) is 0. The zero-order chi connectivity index (χ0) is 11.5. The van der Waals surface area contributed by atoms with E-state index in [-0.39, 0.29) is 0 Å². The van der Waals surface area contributed by atoms with Crippen LogP contribution in [0.15, 0.2) is 29.6 Å². The highest BCUT2D eigenvalue weighted by Crippen LogP contribution is 2.31. The summed E-state index contributed by atoms with van der Waals surface area (Å²) >= 11 is 8.71. The van der Waals surface area contributed by atoms with Gasteiger partial charge in [0.05, 0.1) is 20.5 Å². The van der Waals surface area contributed by atoms with Gasteiger partial charge < -0.3 is 5.73 Å². The Balaban J connectivity index is 2.51. The van der Waals surface area contributed by atoms with E-state index in [0.717, 1.165) is 9.75 Å². The number of allylic oxidation sites excluding steroid dienone is 1. The average molecular weight is 267 g/mol. The molecule has 2 nitrogen and oxygen atoms in total. The Hall–Kier alpha value is -1.28. The predicted octanol–water partition coefficient (Wildman–Crippen LogP) is 3.81. The lowest BCUT2D eigenvalue weighted by Crippen LogP contribution is -1.97. The monoisotopic (exact) mass is 266 g/mol. The van der Waals surface area contributed by atoms with Crippen LogP contribution in [0.4, 0.5) is 0 Å². The molecular formula is C11H7ClN2S2. The van der Waals surface area contributed by atoms with Gasteiger partial charge in [-0.25, -0.2) is 0 Å². The van der Waals surface area contributed by atoms with E-state index < -0.39 is 0 Å². The van der Waals surface area contributed by atoms with Crippen LogP contribution in [0.1, 0.15) is 9.75 Å². The Bertz CT molecular complexity index is 561. The molecule has 0 amide bonds. The van der Waals surface area contributed by atoms with Crippen molar-refractivity contribution in [3.05, 3.63) is 43.7 Å². The molecule has 2 N–H and O–H groups in total. The maximum Gasteiger partial charge on any atom is 0.103 e. The summed E-state index contributed by atoms with van der Waals surface area (Å²) in [6.45, 7) is 0. The summed E-state index contributed by atoms with van der Waals surface area (Å²) in [6.07, 6.45) is 0. The molecule has 0 atom stereocenters. The third-order valence-corrected chi connectivity index (χ3v) is 4.14. The summed E-state index contributed by atoms with van der Waals surface area (Å²) < 4.78 is 0.668. The summed E-state index contributed by atoms with van der Waals surface area (Å²) in [7, 11) is 0. The van der Waals surface area contributed by atoms with E-state index >= 15 is 0 Å². The number of hydrogen-bond donors (Lipinski definition) is 1. The number of thiophene rings is 2. The second kappa shape index (κ2) is 4.71. The van der Waals surface area contributed by atoms with Gasteiger partial charge in [-0.2, -0.15) is 5.26 Å². The van der Waals surface area contributed by atoms with Gasteiger partial charge in [-0.1, -0.05) is 17.7 Å². The Kier molecular flexibility index (Phi) is 3.30. The van der Waals surface area contributed by atoms with E-state index in [1.54, 1.807) is 6.07 Å². The van der Waals surface area contributed by atoms with Gasteiger partial charge in [0, 0.05) is 4.88 Å². The maximum atomic E-state index is 9.13. The number of nitrogens with two attached hydrogens (primary N) is 1. The van der Waals surface area contributed by atoms with E-state index in [0.29, 0.717) is 15.6 Å².